The summed E-state index contributed by atoms with van der Waals surface area (Å²) in [6.45, 7) is 0. The zero-order valence-electron chi connectivity index (χ0n) is 11.4. The first-order valence-electron chi connectivity index (χ1n) is 6.72. The first-order chi connectivity index (χ1) is 10.3. The van der Waals surface area contributed by atoms with Crippen molar-refractivity contribution in [1.82, 2.24) is 4.98 Å². The van der Waals surface area contributed by atoms with Crippen molar-refractivity contribution in [3.05, 3.63) is 70.8 Å². The van der Waals surface area contributed by atoms with Gasteiger partial charge in [0.05, 0.1) is 5.52 Å². The lowest BCUT2D eigenvalue weighted by atomic mass is 10.0. The van der Waals surface area contributed by atoms with E-state index in [0.29, 0.717) is 0 Å². The Kier molecular flexibility index (Phi) is 4.58. The van der Waals surface area contributed by atoms with Gasteiger partial charge in [-0.25, -0.2) is 0 Å². The van der Waals surface area contributed by atoms with E-state index in [1.165, 1.54) is 4.90 Å². The summed E-state index contributed by atoms with van der Waals surface area (Å²) >= 11 is 5.34. The van der Waals surface area contributed by atoms with Gasteiger partial charge in [0, 0.05) is 32.7 Å². The van der Waals surface area contributed by atoms with Gasteiger partial charge in [-0.05, 0) is 45.8 Å². The second-order valence-corrected chi connectivity index (χ2v) is 6.68. The number of nitrogens with two attached hydrogens (primary N) is 1. The molecule has 1 heterocycles. The SMILES string of the molecule is NC(CSc1ccccc1Br)c1cccc2ncccc12. The monoisotopic (exact) mass is 358 g/mol. The number of nitrogens with zero attached hydrogens (tertiary/aromatic N) is 1. The molecule has 0 amide bonds. The van der Waals surface area contributed by atoms with E-state index in [1.54, 1.807) is 11.8 Å². The first kappa shape index (κ1) is 14.6. The maximum atomic E-state index is 6.40. The maximum absolute atomic E-state index is 6.40. The van der Waals surface area contributed by atoms with Crippen LogP contribution in [-0.2, 0) is 0 Å². The summed E-state index contributed by atoms with van der Waals surface area (Å²) in [6, 6.07) is 18.4. The second kappa shape index (κ2) is 6.60. The molecule has 3 rings (SSSR count). The highest BCUT2D eigenvalue weighted by Gasteiger charge is 2.11. The largest absolute Gasteiger partial charge is 0.323 e. The van der Waals surface area contributed by atoms with E-state index < -0.39 is 0 Å². The molecule has 0 saturated heterocycles. The third-order valence-electron chi connectivity index (χ3n) is 3.33. The Labute approximate surface area is 136 Å². The van der Waals surface area contributed by atoms with E-state index in [-0.39, 0.29) is 6.04 Å². The Morgan fingerprint density at radius 3 is 2.76 bits per heavy atom. The second-order valence-electron chi connectivity index (χ2n) is 4.77. The number of hydrogen-bond donors (Lipinski definition) is 1. The number of halogens is 1. The van der Waals surface area contributed by atoms with E-state index in [1.807, 2.05) is 36.5 Å². The summed E-state index contributed by atoms with van der Waals surface area (Å²) in [5, 5.41) is 1.14. The molecule has 0 radical (unpaired) electrons. The summed E-state index contributed by atoms with van der Waals surface area (Å²) in [4.78, 5) is 5.60. The molecular formula is C17H15BrN2S. The number of pyridine rings is 1. The smallest absolute Gasteiger partial charge is 0.0705 e. The molecular weight excluding hydrogens is 344 g/mol. The Balaban J connectivity index is 1.81. The zero-order valence-corrected chi connectivity index (χ0v) is 13.8. The summed E-state index contributed by atoms with van der Waals surface area (Å²) < 4.78 is 1.11. The van der Waals surface area contributed by atoms with Crippen molar-refractivity contribution in [2.75, 3.05) is 5.75 Å². The van der Waals surface area contributed by atoms with Crippen LogP contribution in [0, 0.1) is 0 Å². The van der Waals surface area contributed by atoms with Crippen LogP contribution in [-0.4, -0.2) is 10.7 Å². The van der Waals surface area contributed by atoms with Gasteiger partial charge in [-0.1, -0.05) is 30.3 Å². The average Bonchev–Trinajstić information content (AvgIpc) is 2.53. The number of hydrogen-bond acceptors (Lipinski definition) is 3. The third kappa shape index (κ3) is 3.28. The molecule has 1 aromatic heterocycles. The number of aromatic nitrogens is 1. The van der Waals surface area contributed by atoms with E-state index in [2.05, 4.69) is 45.2 Å². The molecule has 4 heteroatoms. The molecule has 2 nitrogen and oxygen atoms in total. The van der Waals surface area contributed by atoms with Gasteiger partial charge in [-0.2, -0.15) is 0 Å². The minimum Gasteiger partial charge on any atom is -0.323 e. The van der Waals surface area contributed by atoms with Crippen molar-refractivity contribution in [1.29, 1.82) is 0 Å². The minimum absolute atomic E-state index is 0.0185. The van der Waals surface area contributed by atoms with E-state index in [0.717, 1.165) is 26.7 Å². The van der Waals surface area contributed by atoms with Crippen LogP contribution < -0.4 is 5.73 Å². The fourth-order valence-corrected chi connectivity index (χ4v) is 3.83. The summed E-state index contributed by atoms with van der Waals surface area (Å²) in [7, 11) is 0. The molecule has 0 bridgehead atoms. The average molecular weight is 359 g/mol. The van der Waals surface area contributed by atoms with Gasteiger partial charge in [0.25, 0.3) is 0 Å². The number of fused-ring (bicyclic) bond motifs is 1. The standard InChI is InChI=1S/C17H15BrN2S/c18-14-7-1-2-9-17(14)21-11-15(19)12-5-3-8-16-13(12)6-4-10-20-16/h1-10,15H,11,19H2. The molecule has 1 unspecified atom stereocenters. The summed E-state index contributed by atoms with van der Waals surface area (Å²) in [5.41, 5.74) is 8.54. The Morgan fingerprint density at radius 2 is 1.90 bits per heavy atom. The Morgan fingerprint density at radius 1 is 1.05 bits per heavy atom. The molecule has 0 fully saturated rings. The lowest BCUT2D eigenvalue weighted by Crippen LogP contribution is -2.13. The molecule has 3 aromatic rings. The van der Waals surface area contributed by atoms with Gasteiger partial charge >= 0.3 is 0 Å². The predicted octanol–water partition coefficient (Wildman–Crippen LogP) is 4.79. The highest BCUT2D eigenvalue weighted by molar-refractivity contribution is 9.10. The zero-order chi connectivity index (χ0) is 14.7. The van der Waals surface area contributed by atoms with Crippen molar-refractivity contribution in [2.45, 2.75) is 10.9 Å². The normalized spacial score (nSPS) is 12.5. The van der Waals surface area contributed by atoms with E-state index in [4.69, 9.17) is 5.73 Å². The van der Waals surface area contributed by atoms with Crippen LogP contribution in [0.5, 0.6) is 0 Å². The fourth-order valence-electron chi connectivity index (χ4n) is 2.28. The fraction of sp³-hybridized carbons (Fsp3) is 0.118. The number of rotatable bonds is 4. The predicted molar refractivity (Wildman–Crippen MR) is 93.5 cm³/mol. The molecule has 21 heavy (non-hydrogen) atoms. The number of thioether (sulfide) groups is 1. The molecule has 2 N–H and O–H groups in total. The molecule has 0 aliphatic rings. The lowest BCUT2D eigenvalue weighted by Gasteiger charge is -2.14. The molecule has 0 aliphatic heterocycles. The van der Waals surface area contributed by atoms with Crippen molar-refractivity contribution in [3.8, 4) is 0 Å². The van der Waals surface area contributed by atoms with Crippen molar-refractivity contribution >= 4 is 38.6 Å². The molecule has 0 aliphatic carbocycles. The maximum Gasteiger partial charge on any atom is 0.0705 e. The highest BCUT2D eigenvalue weighted by atomic mass is 79.9. The van der Waals surface area contributed by atoms with Crippen molar-refractivity contribution < 1.29 is 0 Å². The molecule has 0 spiro atoms. The van der Waals surface area contributed by atoms with Gasteiger partial charge in [0.1, 0.15) is 0 Å². The van der Waals surface area contributed by atoms with Gasteiger partial charge in [0.15, 0.2) is 0 Å². The highest BCUT2D eigenvalue weighted by Crippen LogP contribution is 2.31. The first-order valence-corrected chi connectivity index (χ1v) is 8.50. The van der Waals surface area contributed by atoms with Crippen LogP contribution in [0.3, 0.4) is 0 Å². The van der Waals surface area contributed by atoms with E-state index >= 15 is 0 Å². The van der Waals surface area contributed by atoms with Gasteiger partial charge < -0.3 is 5.73 Å². The third-order valence-corrected chi connectivity index (χ3v) is 5.48. The molecule has 1 atom stereocenters. The minimum atomic E-state index is -0.0185. The molecule has 106 valence electrons. The number of benzene rings is 2. The Hall–Kier alpha value is -1.36. The van der Waals surface area contributed by atoms with Crippen LogP contribution in [0.2, 0.25) is 0 Å². The van der Waals surface area contributed by atoms with E-state index in [9.17, 15) is 0 Å². The van der Waals surface area contributed by atoms with Crippen molar-refractivity contribution in [2.24, 2.45) is 5.73 Å². The van der Waals surface area contributed by atoms with Crippen LogP contribution in [0.4, 0.5) is 0 Å². The summed E-state index contributed by atoms with van der Waals surface area (Å²) in [6.07, 6.45) is 1.81. The molecule has 2 aromatic carbocycles. The van der Waals surface area contributed by atoms with Crippen LogP contribution in [0.1, 0.15) is 11.6 Å². The molecule has 0 saturated carbocycles. The van der Waals surface area contributed by atoms with Crippen molar-refractivity contribution in [3.63, 3.8) is 0 Å². The quantitative estimate of drug-likeness (QED) is 0.681. The van der Waals surface area contributed by atoms with Crippen LogP contribution in [0.25, 0.3) is 10.9 Å². The van der Waals surface area contributed by atoms with Gasteiger partial charge in [-0.15, -0.1) is 11.8 Å². The Bertz CT molecular complexity index is 755. The van der Waals surface area contributed by atoms with Crippen LogP contribution >= 0.6 is 27.7 Å². The summed E-state index contributed by atoms with van der Waals surface area (Å²) in [5.74, 6) is 0.830. The van der Waals surface area contributed by atoms with Gasteiger partial charge in [0.2, 0.25) is 0 Å². The lowest BCUT2D eigenvalue weighted by molar-refractivity contribution is 0.839. The van der Waals surface area contributed by atoms with Gasteiger partial charge in [-0.3, -0.25) is 4.98 Å². The topological polar surface area (TPSA) is 38.9 Å². The van der Waals surface area contributed by atoms with Crippen LogP contribution in [0.15, 0.2) is 70.2 Å².